The summed E-state index contributed by atoms with van der Waals surface area (Å²) in [5, 5.41) is 9.04. The molecule has 5 rings (SSSR count). The lowest BCUT2D eigenvalue weighted by atomic mass is 10.1. The smallest absolute Gasteiger partial charge is 0.341 e. The van der Waals surface area contributed by atoms with Crippen LogP contribution in [0, 0.1) is 17.5 Å². The molecule has 0 bridgehead atoms. The number of pyridine rings is 1. The van der Waals surface area contributed by atoms with E-state index < -0.39 is 39.8 Å². The highest BCUT2D eigenvalue weighted by Crippen LogP contribution is 2.38. The summed E-state index contributed by atoms with van der Waals surface area (Å²) in [7, 11) is 1.51. The van der Waals surface area contributed by atoms with Crippen LogP contribution in [0.25, 0.3) is 16.6 Å². The van der Waals surface area contributed by atoms with Gasteiger partial charge in [-0.3, -0.25) is 4.79 Å². The van der Waals surface area contributed by atoms with E-state index in [4.69, 9.17) is 4.74 Å². The first kappa shape index (κ1) is 21.6. The average molecular weight is 466 g/mol. The molecule has 0 fully saturated rings. The first-order chi connectivity index (χ1) is 16.3. The van der Waals surface area contributed by atoms with Crippen molar-refractivity contribution in [3.63, 3.8) is 0 Å². The maximum atomic E-state index is 16.0. The molecule has 0 radical (unpaired) electrons. The van der Waals surface area contributed by atoms with Crippen LogP contribution in [-0.2, 0) is 13.1 Å². The number of carboxylic acids is 1. The predicted octanol–water partition coefficient (Wildman–Crippen LogP) is 4.64. The van der Waals surface area contributed by atoms with Crippen molar-refractivity contribution >= 4 is 22.6 Å². The first-order valence-electron chi connectivity index (χ1n) is 10.3. The highest BCUT2D eigenvalue weighted by Gasteiger charge is 2.30. The van der Waals surface area contributed by atoms with Gasteiger partial charge < -0.3 is 19.3 Å². The minimum Gasteiger partial charge on any atom is -0.496 e. The summed E-state index contributed by atoms with van der Waals surface area (Å²) < 4.78 is 51.3. The number of nitrogens with zero attached hydrogens (tertiary/aromatic N) is 2. The molecule has 0 unspecified atom stereocenters. The van der Waals surface area contributed by atoms with E-state index in [1.165, 1.54) is 24.1 Å². The summed E-state index contributed by atoms with van der Waals surface area (Å²) in [4.78, 5) is 25.9. The number of carboxylic acid groups (broad SMARTS) is 1. The molecule has 4 aromatic rings. The Bertz CT molecular complexity index is 1530. The zero-order valence-electron chi connectivity index (χ0n) is 17.8. The van der Waals surface area contributed by atoms with Gasteiger partial charge in [0.15, 0.2) is 5.82 Å². The molecule has 0 atom stereocenters. The number of methoxy groups -OCH3 is 1. The Balaban J connectivity index is 1.77. The van der Waals surface area contributed by atoms with Crippen LogP contribution in [0.1, 0.15) is 21.5 Å². The Labute approximate surface area is 191 Å². The summed E-state index contributed by atoms with van der Waals surface area (Å²) >= 11 is 0. The number of rotatable bonds is 4. The monoisotopic (exact) mass is 466 g/mol. The van der Waals surface area contributed by atoms with Crippen LogP contribution in [0.3, 0.4) is 0 Å². The largest absolute Gasteiger partial charge is 0.496 e. The molecule has 0 saturated carbocycles. The zero-order valence-corrected chi connectivity index (χ0v) is 17.8. The van der Waals surface area contributed by atoms with E-state index in [9.17, 15) is 19.1 Å². The average Bonchev–Trinajstić information content (AvgIpc) is 3.24. The number of hydrogen-bond acceptors (Lipinski definition) is 4. The molecule has 172 valence electrons. The van der Waals surface area contributed by atoms with Gasteiger partial charge in [0.25, 0.3) is 0 Å². The van der Waals surface area contributed by atoms with E-state index in [0.717, 1.165) is 40.1 Å². The molecule has 0 aliphatic carbocycles. The van der Waals surface area contributed by atoms with Gasteiger partial charge >= 0.3 is 5.97 Å². The SMILES string of the molecule is COc1cccc2c1CN(c1c(F)cc3c(=O)c(C(=O)O)cn(-c4ccc(F)cc4)c3c1F)C2. The normalized spacial score (nSPS) is 12.8. The molecule has 34 heavy (non-hydrogen) atoms. The van der Waals surface area contributed by atoms with Crippen LogP contribution in [0.5, 0.6) is 5.75 Å². The zero-order chi connectivity index (χ0) is 24.1. The van der Waals surface area contributed by atoms with Gasteiger partial charge in [0.2, 0.25) is 5.43 Å². The number of hydrogen-bond donors (Lipinski definition) is 1. The highest BCUT2D eigenvalue weighted by atomic mass is 19.1. The lowest BCUT2D eigenvalue weighted by molar-refractivity contribution is 0.0695. The number of ether oxygens (including phenoxy) is 1. The van der Waals surface area contributed by atoms with E-state index in [0.29, 0.717) is 5.75 Å². The minimum atomic E-state index is -1.55. The van der Waals surface area contributed by atoms with Crippen LogP contribution >= 0.6 is 0 Å². The predicted molar refractivity (Wildman–Crippen MR) is 119 cm³/mol. The van der Waals surface area contributed by atoms with E-state index in [1.54, 1.807) is 12.1 Å². The maximum Gasteiger partial charge on any atom is 0.341 e. The standard InChI is InChI=1S/C25H17F3N2O4/c1-34-20-4-2-3-13-10-29(11-17(13)20)23-19(27)9-16-22(21(23)28)30(12-18(24(16)31)25(32)33)15-7-5-14(26)6-8-15/h2-9,12H,10-11H2,1H3,(H,32,33). The topological polar surface area (TPSA) is 71.8 Å². The van der Waals surface area contributed by atoms with Gasteiger partial charge in [-0.05, 0) is 42.0 Å². The van der Waals surface area contributed by atoms with Crippen molar-refractivity contribution in [2.24, 2.45) is 0 Å². The minimum absolute atomic E-state index is 0.173. The summed E-state index contributed by atoms with van der Waals surface area (Å²) in [5.74, 6) is -3.53. The van der Waals surface area contributed by atoms with Crippen molar-refractivity contribution in [3.05, 3.63) is 99.1 Å². The van der Waals surface area contributed by atoms with Gasteiger partial charge in [0.1, 0.15) is 28.6 Å². The number of aromatic nitrogens is 1. The number of carbonyl (C=O) groups is 1. The second kappa shape index (κ2) is 7.95. The van der Waals surface area contributed by atoms with Gasteiger partial charge in [-0.1, -0.05) is 12.1 Å². The van der Waals surface area contributed by atoms with E-state index >= 15 is 8.78 Å². The van der Waals surface area contributed by atoms with Crippen LogP contribution in [0.2, 0.25) is 0 Å². The Morgan fingerprint density at radius 2 is 1.79 bits per heavy atom. The number of benzene rings is 3. The third-order valence-corrected chi connectivity index (χ3v) is 5.97. The number of aromatic carboxylic acids is 1. The highest BCUT2D eigenvalue weighted by molar-refractivity contribution is 5.94. The Hall–Kier alpha value is -4.27. The summed E-state index contributed by atoms with van der Waals surface area (Å²) in [5.41, 5.74) is -0.503. The van der Waals surface area contributed by atoms with Crippen molar-refractivity contribution in [2.75, 3.05) is 12.0 Å². The molecule has 3 aromatic carbocycles. The maximum absolute atomic E-state index is 16.0. The molecular weight excluding hydrogens is 449 g/mol. The van der Waals surface area contributed by atoms with Gasteiger partial charge in [-0.15, -0.1) is 0 Å². The third kappa shape index (κ3) is 3.28. The molecule has 2 heterocycles. The van der Waals surface area contributed by atoms with Crippen LogP contribution in [0.15, 0.2) is 59.5 Å². The lowest BCUT2D eigenvalue weighted by Crippen LogP contribution is -2.22. The molecule has 9 heteroatoms. The van der Waals surface area contributed by atoms with E-state index in [2.05, 4.69) is 0 Å². The number of halogens is 3. The fourth-order valence-electron chi connectivity index (χ4n) is 4.39. The van der Waals surface area contributed by atoms with Crippen LogP contribution in [-0.4, -0.2) is 22.8 Å². The molecule has 1 aliphatic heterocycles. The van der Waals surface area contributed by atoms with Gasteiger partial charge in [-0.25, -0.2) is 18.0 Å². The molecule has 1 aliphatic rings. The second-order valence-corrected chi connectivity index (χ2v) is 7.89. The second-order valence-electron chi connectivity index (χ2n) is 7.89. The Morgan fingerprint density at radius 3 is 2.47 bits per heavy atom. The van der Waals surface area contributed by atoms with Gasteiger partial charge in [0, 0.05) is 30.5 Å². The van der Waals surface area contributed by atoms with Crippen molar-refractivity contribution in [3.8, 4) is 11.4 Å². The van der Waals surface area contributed by atoms with Crippen molar-refractivity contribution < 1.29 is 27.8 Å². The molecule has 1 N–H and O–H groups in total. The third-order valence-electron chi connectivity index (χ3n) is 5.97. The quantitative estimate of drug-likeness (QED) is 0.475. The van der Waals surface area contributed by atoms with Crippen molar-refractivity contribution in [1.82, 2.24) is 4.57 Å². The molecular formula is C25H17F3N2O4. The fraction of sp³-hybridized carbons (Fsp3) is 0.120. The number of fused-ring (bicyclic) bond motifs is 2. The molecule has 0 spiro atoms. The molecule has 6 nitrogen and oxygen atoms in total. The first-order valence-corrected chi connectivity index (χ1v) is 10.3. The van der Waals surface area contributed by atoms with Crippen LogP contribution in [0.4, 0.5) is 18.9 Å². The molecule has 0 amide bonds. The van der Waals surface area contributed by atoms with Gasteiger partial charge in [0.05, 0.1) is 18.0 Å². The Kier molecular flexibility index (Phi) is 5.04. The number of anilines is 1. The van der Waals surface area contributed by atoms with Crippen molar-refractivity contribution in [2.45, 2.75) is 13.1 Å². The van der Waals surface area contributed by atoms with Gasteiger partial charge in [-0.2, -0.15) is 0 Å². The molecule has 1 aromatic heterocycles. The summed E-state index contributed by atoms with van der Waals surface area (Å²) in [6, 6.07) is 11.1. The van der Waals surface area contributed by atoms with E-state index in [1.807, 2.05) is 6.07 Å². The molecule has 0 saturated heterocycles. The van der Waals surface area contributed by atoms with E-state index in [-0.39, 0.29) is 30.0 Å². The fourth-order valence-corrected chi connectivity index (χ4v) is 4.39. The van der Waals surface area contributed by atoms with Crippen molar-refractivity contribution in [1.29, 1.82) is 0 Å². The summed E-state index contributed by atoms with van der Waals surface area (Å²) in [6.07, 6.45) is 0.965. The van der Waals surface area contributed by atoms with Crippen LogP contribution < -0.4 is 15.1 Å². The Morgan fingerprint density at radius 1 is 1.06 bits per heavy atom. The lowest BCUT2D eigenvalue weighted by Gasteiger charge is -2.22. The summed E-state index contributed by atoms with van der Waals surface area (Å²) in [6.45, 7) is 0.382.